The van der Waals surface area contributed by atoms with Crippen molar-refractivity contribution >= 4 is 27.0 Å². The maximum atomic E-state index is 14.2. The van der Waals surface area contributed by atoms with E-state index in [-0.39, 0.29) is 17.7 Å². The summed E-state index contributed by atoms with van der Waals surface area (Å²) in [4.78, 5) is 11.2. The molecule has 7 heteroatoms. The van der Waals surface area contributed by atoms with Crippen LogP contribution >= 0.6 is 0 Å². The molecule has 0 unspecified atom stereocenters. The Balaban J connectivity index is 2.24. The number of sulfone groups is 1. The van der Waals surface area contributed by atoms with E-state index in [1.807, 2.05) is 19.9 Å². The molecule has 2 aromatic carbocycles. The van der Waals surface area contributed by atoms with Crippen molar-refractivity contribution in [3.05, 3.63) is 64.2 Å². The summed E-state index contributed by atoms with van der Waals surface area (Å²) in [6.07, 6.45) is 0.733. The van der Waals surface area contributed by atoms with Gasteiger partial charge in [-0.15, -0.1) is 0 Å². The number of hydrogen-bond donors (Lipinski definition) is 0. The lowest BCUT2D eigenvalue weighted by Gasteiger charge is -2.09. The molecule has 26 heavy (non-hydrogen) atoms. The summed E-state index contributed by atoms with van der Waals surface area (Å²) in [6.45, 7) is 3.60. The monoisotopic (exact) mass is 378 g/mol. The summed E-state index contributed by atoms with van der Waals surface area (Å²) in [7, 11) is -4.06. The molecule has 2 aromatic rings. The predicted molar refractivity (Wildman–Crippen MR) is 93.2 cm³/mol. The van der Waals surface area contributed by atoms with Gasteiger partial charge in [0.05, 0.1) is 5.57 Å². The minimum Gasteiger partial charge on any atom is -0.457 e. The molecular weight excluding hydrogens is 362 g/mol. The first-order valence-corrected chi connectivity index (χ1v) is 9.65. The summed E-state index contributed by atoms with van der Waals surface area (Å²) in [6, 6.07) is 7.34. The fourth-order valence-electron chi connectivity index (χ4n) is 3.13. The smallest absolute Gasteiger partial charge is 0.339 e. The van der Waals surface area contributed by atoms with Crippen molar-refractivity contribution in [3.63, 3.8) is 0 Å². The fourth-order valence-corrected chi connectivity index (χ4v) is 3.96. The highest BCUT2D eigenvalue weighted by molar-refractivity contribution is 7.90. The van der Waals surface area contributed by atoms with E-state index in [1.54, 1.807) is 12.1 Å². The van der Waals surface area contributed by atoms with Crippen molar-refractivity contribution < 1.29 is 26.7 Å². The molecule has 4 nitrogen and oxygen atoms in total. The molecule has 1 heterocycles. The Morgan fingerprint density at radius 3 is 1.96 bits per heavy atom. The first-order valence-electron chi connectivity index (χ1n) is 7.76. The van der Waals surface area contributed by atoms with E-state index >= 15 is 0 Å². The SMILES string of the molecule is Cc1cc(C)cc(C2=C(c3cc(F)c(S(C)(=O)=O)c(F)c3)COC2=O)c1. The van der Waals surface area contributed by atoms with Gasteiger partial charge in [-0.3, -0.25) is 0 Å². The summed E-state index contributed by atoms with van der Waals surface area (Å²) in [5.74, 6) is -2.98. The van der Waals surface area contributed by atoms with Gasteiger partial charge in [0.25, 0.3) is 0 Å². The summed E-state index contributed by atoms with van der Waals surface area (Å²) >= 11 is 0. The summed E-state index contributed by atoms with van der Waals surface area (Å²) in [5, 5.41) is 0. The van der Waals surface area contributed by atoms with Gasteiger partial charge in [0.15, 0.2) is 9.84 Å². The average Bonchev–Trinajstić information content (AvgIpc) is 2.85. The maximum Gasteiger partial charge on any atom is 0.339 e. The zero-order valence-corrected chi connectivity index (χ0v) is 15.2. The standard InChI is InChI=1S/C19H16F2O4S/c1-10-4-11(2)6-13(5-10)17-14(9-25-19(17)22)12-7-15(20)18(16(21)8-12)26(3,23)24/h4-8H,9H2,1-3H3. The second-order valence-corrected chi connectivity index (χ2v) is 8.30. The van der Waals surface area contributed by atoms with Crippen LogP contribution in [0, 0.1) is 25.5 Å². The highest BCUT2D eigenvalue weighted by Crippen LogP contribution is 2.35. The first-order chi connectivity index (χ1) is 12.1. The van der Waals surface area contributed by atoms with Crippen LogP contribution < -0.4 is 0 Å². The number of benzene rings is 2. The van der Waals surface area contributed by atoms with E-state index in [4.69, 9.17) is 4.74 Å². The molecule has 0 saturated heterocycles. The van der Waals surface area contributed by atoms with Crippen LogP contribution in [0.2, 0.25) is 0 Å². The van der Waals surface area contributed by atoms with Crippen molar-refractivity contribution in [3.8, 4) is 0 Å². The molecule has 3 rings (SSSR count). The normalized spacial score (nSPS) is 14.7. The Morgan fingerprint density at radius 2 is 1.46 bits per heavy atom. The van der Waals surface area contributed by atoms with Gasteiger partial charge in [-0.25, -0.2) is 22.0 Å². The Hall–Kier alpha value is -2.54. The third-order valence-corrected chi connectivity index (χ3v) is 5.21. The van der Waals surface area contributed by atoms with E-state index in [0.717, 1.165) is 29.5 Å². The van der Waals surface area contributed by atoms with Crippen LogP contribution in [0.5, 0.6) is 0 Å². The molecule has 0 amide bonds. The highest BCUT2D eigenvalue weighted by atomic mass is 32.2. The second-order valence-electron chi connectivity index (χ2n) is 6.35. The van der Waals surface area contributed by atoms with Gasteiger partial charge in [0.1, 0.15) is 23.1 Å². The molecule has 0 fully saturated rings. The molecule has 0 bridgehead atoms. The van der Waals surface area contributed by atoms with Crippen molar-refractivity contribution in [2.24, 2.45) is 0 Å². The topological polar surface area (TPSA) is 60.4 Å². The molecule has 0 aliphatic carbocycles. The van der Waals surface area contributed by atoms with E-state index < -0.39 is 32.3 Å². The van der Waals surface area contributed by atoms with Crippen molar-refractivity contribution in [2.45, 2.75) is 18.7 Å². The van der Waals surface area contributed by atoms with Crippen molar-refractivity contribution in [2.75, 3.05) is 12.9 Å². The predicted octanol–water partition coefficient (Wildman–Crippen LogP) is 3.45. The number of rotatable bonds is 3. The van der Waals surface area contributed by atoms with Gasteiger partial charge >= 0.3 is 5.97 Å². The Labute approximate surface area is 150 Å². The van der Waals surface area contributed by atoms with E-state index in [2.05, 4.69) is 0 Å². The number of hydrogen-bond acceptors (Lipinski definition) is 4. The number of cyclic esters (lactones) is 1. The number of carbonyl (C=O) groups excluding carboxylic acids is 1. The Bertz CT molecular complexity index is 1030. The zero-order valence-electron chi connectivity index (χ0n) is 14.4. The zero-order chi connectivity index (χ0) is 19.2. The minimum atomic E-state index is -4.06. The number of carbonyl (C=O) groups is 1. The van der Waals surface area contributed by atoms with Gasteiger partial charge in [-0.05, 0) is 37.1 Å². The van der Waals surface area contributed by atoms with Crippen molar-refractivity contribution in [1.82, 2.24) is 0 Å². The summed E-state index contributed by atoms with van der Waals surface area (Å²) < 4.78 is 56.7. The lowest BCUT2D eigenvalue weighted by atomic mass is 9.94. The minimum absolute atomic E-state index is 0.0763. The Kier molecular flexibility index (Phi) is 4.44. The Morgan fingerprint density at radius 1 is 0.923 bits per heavy atom. The van der Waals surface area contributed by atoms with Crippen LogP contribution in [0.15, 0.2) is 35.2 Å². The molecular formula is C19H16F2O4S. The lowest BCUT2D eigenvalue weighted by molar-refractivity contribution is -0.133. The van der Waals surface area contributed by atoms with Crippen LogP contribution in [0.4, 0.5) is 8.78 Å². The second kappa shape index (κ2) is 6.32. The van der Waals surface area contributed by atoms with E-state index in [1.165, 1.54) is 0 Å². The third-order valence-electron chi connectivity index (χ3n) is 4.08. The van der Waals surface area contributed by atoms with Gasteiger partial charge in [-0.1, -0.05) is 29.3 Å². The average molecular weight is 378 g/mol. The third kappa shape index (κ3) is 3.26. The number of aryl methyl sites for hydroxylation is 2. The molecule has 1 aliphatic heterocycles. The highest BCUT2D eigenvalue weighted by Gasteiger charge is 2.29. The number of halogens is 2. The van der Waals surface area contributed by atoms with E-state index in [9.17, 15) is 22.0 Å². The van der Waals surface area contributed by atoms with Crippen LogP contribution in [0.25, 0.3) is 11.1 Å². The van der Waals surface area contributed by atoms with Gasteiger partial charge in [0, 0.05) is 11.8 Å². The van der Waals surface area contributed by atoms with Crippen molar-refractivity contribution in [1.29, 1.82) is 0 Å². The van der Waals surface area contributed by atoms with Crippen LogP contribution in [0.1, 0.15) is 22.3 Å². The molecule has 0 spiro atoms. The largest absolute Gasteiger partial charge is 0.457 e. The van der Waals surface area contributed by atoms with Crippen LogP contribution in [-0.4, -0.2) is 27.2 Å². The number of ether oxygens (including phenoxy) is 1. The molecule has 1 aliphatic rings. The quantitative estimate of drug-likeness (QED) is 0.768. The van der Waals surface area contributed by atoms with Crippen LogP contribution in [-0.2, 0) is 19.4 Å². The van der Waals surface area contributed by atoms with Gasteiger partial charge in [-0.2, -0.15) is 0 Å². The molecule has 0 aromatic heterocycles. The molecule has 0 N–H and O–H groups in total. The maximum absolute atomic E-state index is 14.2. The number of esters is 1. The molecule has 136 valence electrons. The lowest BCUT2D eigenvalue weighted by Crippen LogP contribution is -2.06. The molecule has 0 saturated carbocycles. The van der Waals surface area contributed by atoms with Crippen LogP contribution in [0.3, 0.4) is 0 Å². The fraction of sp³-hybridized carbons (Fsp3) is 0.211. The summed E-state index contributed by atoms with van der Waals surface area (Å²) in [5.41, 5.74) is 3.06. The molecule has 0 atom stereocenters. The molecule has 0 radical (unpaired) electrons. The van der Waals surface area contributed by atoms with E-state index in [0.29, 0.717) is 11.1 Å². The first kappa shape index (κ1) is 18.3. The van der Waals surface area contributed by atoms with Gasteiger partial charge < -0.3 is 4.74 Å². The van der Waals surface area contributed by atoms with Gasteiger partial charge in [0.2, 0.25) is 0 Å².